The Morgan fingerprint density at radius 2 is 2.12 bits per heavy atom. The molecule has 1 aliphatic carbocycles. The van der Waals surface area contributed by atoms with Gasteiger partial charge in [-0.15, -0.1) is 0 Å². The molecule has 0 amide bonds. The molecule has 0 aliphatic heterocycles. The van der Waals surface area contributed by atoms with Gasteiger partial charge in [-0.25, -0.2) is 14.8 Å². The number of alkyl halides is 3. The van der Waals surface area contributed by atoms with Gasteiger partial charge in [-0.05, 0) is 19.8 Å². The van der Waals surface area contributed by atoms with Crippen molar-refractivity contribution in [2.24, 2.45) is 0 Å². The molecule has 2 aromatic rings. The molecule has 0 aromatic carbocycles. The number of carbonyl (C=O) groups excluding carboxylic acids is 1. The highest BCUT2D eigenvalue weighted by Gasteiger charge is 2.32. The predicted octanol–water partition coefficient (Wildman–Crippen LogP) is 3.60. The number of nitrogens with one attached hydrogen (secondary N) is 1. The summed E-state index contributed by atoms with van der Waals surface area (Å²) in [7, 11) is 1.18. The van der Waals surface area contributed by atoms with Crippen LogP contribution in [0.15, 0.2) is 6.20 Å². The van der Waals surface area contributed by atoms with E-state index in [2.05, 4.69) is 25.1 Å². The maximum atomic E-state index is 12.6. The minimum absolute atomic E-state index is 0.0674. The van der Waals surface area contributed by atoms with Gasteiger partial charge in [0.15, 0.2) is 16.7 Å². The third-order valence-corrected chi connectivity index (χ3v) is 4.18. The summed E-state index contributed by atoms with van der Waals surface area (Å²) in [6.07, 6.45) is -1.35. The van der Waals surface area contributed by atoms with Gasteiger partial charge in [0.25, 0.3) is 0 Å². The lowest BCUT2D eigenvalue weighted by Crippen LogP contribution is -2.19. The van der Waals surface area contributed by atoms with Gasteiger partial charge in [0.2, 0.25) is 0 Å². The van der Waals surface area contributed by atoms with Crippen molar-refractivity contribution in [1.29, 1.82) is 0 Å². The number of hydrogen-bond donors (Lipinski definition) is 1. The molecule has 1 saturated carbocycles. The van der Waals surface area contributed by atoms with Crippen LogP contribution in [-0.4, -0.2) is 39.0 Å². The van der Waals surface area contributed by atoms with Gasteiger partial charge in [0, 0.05) is 5.92 Å². The molecule has 2 heterocycles. The fourth-order valence-electron chi connectivity index (χ4n) is 2.40. The first-order valence-corrected chi connectivity index (χ1v) is 8.09. The highest BCUT2D eigenvalue weighted by molar-refractivity contribution is 6.30. The maximum absolute atomic E-state index is 12.6. The van der Waals surface area contributed by atoms with Crippen LogP contribution in [0.1, 0.15) is 40.6 Å². The molecule has 0 spiro atoms. The summed E-state index contributed by atoms with van der Waals surface area (Å²) in [5.41, 5.74) is 0.910. The predicted molar refractivity (Wildman–Crippen MR) is 86.7 cm³/mol. The van der Waals surface area contributed by atoms with Crippen molar-refractivity contribution in [3.8, 4) is 0 Å². The fraction of sp³-hybridized carbons (Fsp3) is 0.467. The van der Waals surface area contributed by atoms with Gasteiger partial charge in [-0.3, -0.25) is 4.68 Å². The number of anilines is 2. The molecular formula is C15H15ClF3N5O2. The molecule has 7 nitrogen and oxygen atoms in total. The van der Waals surface area contributed by atoms with Crippen molar-refractivity contribution in [2.75, 3.05) is 12.4 Å². The second-order valence-electron chi connectivity index (χ2n) is 5.90. The van der Waals surface area contributed by atoms with Crippen LogP contribution in [0.4, 0.5) is 24.7 Å². The normalized spacial score (nSPS) is 14.4. The molecule has 0 atom stereocenters. The largest absolute Gasteiger partial charge is 0.464 e. The molecule has 0 bridgehead atoms. The fourth-order valence-corrected chi connectivity index (χ4v) is 2.68. The highest BCUT2D eigenvalue weighted by atomic mass is 35.5. The lowest BCUT2D eigenvalue weighted by molar-refractivity contribution is -0.142. The smallest absolute Gasteiger partial charge is 0.408 e. The third kappa shape index (κ3) is 3.90. The molecular weight excluding hydrogens is 375 g/mol. The van der Waals surface area contributed by atoms with Crippen molar-refractivity contribution in [2.45, 2.75) is 38.4 Å². The number of nitrogens with zero attached hydrogens (tertiary/aromatic N) is 4. The first-order valence-electron chi connectivity index (χ1n) is 7.71. The first kappa shape index (κ1) is 18.4. The number of aromatic nitrogens is 4. The van der Waals surface area contributed by atoms with E-state index in [9.17, 15) is 18.0 Å². The Morgan fingerprint density at radius 1 is 1.42 bits per heavy atom. The number of carbonyl (C=O) groups is 1. The summed E-state index contributed by atoms with van der Waals surface area (Å²) in [6, 6.07) is 0. The lowest BCUT2D eigenvalue weighted by atomic mass is 10.3. The molecule has 140 valence electrons. The van der Waals surface area contributed by atoms with E-state index < -0.39 is 18.7 Å². The molecule has 11 heteroatoms. The van der Waals surface area contributed by atoms with Gasteiger partial charge in [0.05, 0.1) is 30.4 Å². The van der Waals surface area contributed by atoms with Gasteiger partial charge < -0.3 is 10.1 Å². The summed E-state index contributed by atoms with van der Waals surface area (Å²) in [5, 5.41) is 6.67. The van der Waals surface area contributed by atoms with Gasteiger partial charge in [-0.2, -0.15) is 18.3 Å². The molecule has 0 saturated heterocycles. The zero-order valence-corrected chi connectivity index (χ0v) is 14.6. The Kier molecular flexibility index (Phi) is 4.78. The van der Waals surface area contributed by atoms with Crippen LogP contribution in [0.25, 0.3) is 0 Å². The number of esters is 1. The quantitative estimate of drug-likeness (QED) is 0.787. The molecule has 1 aliphatic rings. The second-order valence-corrected chi connectivity index (χ2v) is 6.26. The summed E-state index contributed by atoms with van der Waals surface area (Å²) >= 11 is 6.10. The average molecular weight is 390 g/mol. The van der Waals surface area contributed by atoms with Crippen LogP contribution in [0.5, 0.6) is 0 Å². The van der Waals surface area contributed by atoms with Crippen molar-refractivity contribution in [3.05, 3.63) is 28.4 Å². The van der Waals surface area contributed by atoms with E-state index >= 15 is 0 Å². The maximum Gasteiger partial charge on any atom is 0.408 e. The third-order valence-electron chi connectivity index (χ3n) is 3.91. The number of rotatable bonds is 5. The number of ether oxygens (including phenoxy) is 1. The van der Waals surface area contributed by atoms with Crippen molar-refractivity contribution in [3.63, 3.8) is 0 Å². The topological polar surface area (TPSA) is 81.9 Å². The summed E-state index contributed by atoms with van der Waals surface area (Å²) < 4.78 is 43.2. The van der Waals surface area contributed by atoms with E-state index in [1.54, 1.807) is 0 Å². The standard InChI is InChI=1S/C15H15ClF3N5O2/c1-7-9(5-20-24(7)6-15(17,18)19)21-13-11(14(25)26-2)22-12(16)10(23-13)8-3-4-8/h5,8H,3-4,6H2,1-2H3,(H,21,23). The molecule has 2 aromatic heterocycles. The van der Waals surface area contributed by atoms with E-state index in [4.69, 9.17) is 11.6 Å². The average Bonchev–Trinajstić information content (AvgIpc) is 3.35. The summed E-state index contributed by atoms with van der Waals surface area (Å²) in [5.74, 6) is -0.529. The zero-order valence-electron chi connectivity index (χ0n) is 13.9. The van der Waals surface area contributed by atoms with Crippen LogP contribution in [-0.2, 0) is 11.3 Å². The number of methoxy groups -OCH3 is 1. The number of halogens is 4. The van der Waals surface area contributed by atoms with Crippen LogP contribution < -0.4 is 5.32 Å². The van der Waals surface area contributed by atoms with E-state index in [1.165, 1.54) is 20.2 Å². The van der Waals surface area contributed by atoms with Gasteiger partial charge >= 0.3 is 12.1 Å². The first-order chi connectivity index (χ1) is 12.2. The Labute approximate surface area is 151 Å². The van der Waals surface area contributed by atoms with Crippen LogP contribution >= 0.6 is 11.6 Å². The highest BCUT2D eigenvalue weighted by Crippen LogP contribution is 2.42. The Balaban J connectivity index is 1.96. The molecule has 1 N–H and O–H groups in total. The molecule has 0 radical (unpaired) electrons. The lowest BCUT2D eigenvalue weighted by Gasteiger charge is -2.12. The Morgan fingerprint density at radius 3 is 2.69 bits per heavy atom. The van der Waals surface area contributed by atoms with E-state index in [1.807, 2.05) is 0 Å². The molecule has 1 fully saturated rings. The SMILES string of the molecule is COC(=O)c1nc(Cl)c(C2CC2)nc1Nc1cnn(CC(F)(F)F)c1C. The summed E-state index contributed by atoms with van der Waals surface area (Å²) in [6.45, 7) is 0.258. The zero-order chi connectivity index (χ0) is 19.1. The minimum Gasteiger partial charge on any atom is -0.464 e. The van der Waals surface area contributed by atoms with Crippen molar-refractivity contribution < 1.29 is 22.7 Å². The van der Waals surface area contributed by atoms with E-state index in [0.29, 0.717) is 5.69 Å². The Bertz CT molecular complexity index is 849. The summed E-state index contributed by atoms with van der Waals surface area (Å²) in [4.78, 5) is 20.4. The monoisotopic (exact) mass is 389 g/mol. The molecule has 3 rings (SSSR count). The molecule has 0 unspecified atom stereocenters. The van der Waals surface area contributed by atoms with E-state index in [0.717, 1.165) is 17.5 Å². The van der Waals surface area contributed by atoms with Crippen LogP contribution in [0.2, 0.25) is 5.15 Å². The minimum atomic E-state index is -4.40. The van der Waals surface area contributed by atoms with Crippen LogP contribution in [0, 0.1) is 6.92 Å². The number of hydrogen-bond acceptors (Lipinski definition) is 6. The van der Waals surface area contributed by atoms with E-state index in [-0.39, 0.29) is 34.0 Å². The van der Waals surface area contributed by atoms with Gasteiger partial charge in [-0.1, -0.05) is 11.6 Å². The van der Waals surface area contributed by atoms with Crippen LogP contribution in [0.3, 0.4) is 0 Å². The van der Waals surface area contributed by atoms with Gasteiger partial charge in [0.1, 0.15) is 6.54 Å². The molecule has 26 heavy (non-hydrogen) atoms. The Hall–Kier alpha value is -2.36. The van der Waals surface area contributed by atoms with Crippen molar-refractivity contribution >= 4 is 29.1 Å². The van der Waals surface area contributed by atoms with Crippen molar-refractivity contribution in [1.82, 2.24) is 19.7 Å². The second kappa shape index (κ2) is 6.75.